The summed E-state index contributed by atoms with van der Waals surface area (Å²) in [6, 6.07) is -0.226. The van der Waals surface area contributed by atoms with Gasteiger partial charge in [0.15, 0.2) is 0 Å². The third kappa shape index (κ3) is 4.42. The van der Waals surface area contributed by atoms with E-state index in [2.05, 4.69) is 15.5 Å². The highest BCUT2D eigenvalue weighted by Gasteiger charge is 2.22. The summed E-state index contributed by atoms with van der Waals surface area (Å²) in [5.41, 5.74) is 5.03. The van der Waals surface area contributed by atoms with Crippen molar-refractivity contribution < 1.29 is 18.8 Å². The van der Waals surface area contributed by atoms with Crippen molar-refractivity contribution in [3.05, 3.63) is 11.7 Å². The van der Waals surface area contributed by atoms with Gasteiger partial charge in [-0.2, -0.15) is 4.98 Å². The number of nitrogens with one attached hydrogen (secondary N) is 1. The van der Waals surface area contributed by atoms with Crippen LogP contribution in [0.4, 0.5) is 4.79 Å². The quantitative estimate of drug-likeness (QED) is 0.745. The summed E-state index contributed by atoms with van der Waals surface area (Å²) in [7, 11) is 0. The molecule has 2 heterocycles. The second-order valence-corrected chi connectivity index (χ2v) is 5.12. The third-order valence-electron chi connectivity index (χ3n) is 3.31. The maximum atomic E-state index is 12.2. The molecule has 0 aliphatic carbocycles. The zero-order valence-electron chi connectivity index (χ0n) is 12.6. The van der Waals surface area contributed by atoms with Gasteiger partial charge in [-0.1, -0.05) is 12.1 Å². The van der Waals surface area contributed by atoms with Crippen LogP contribution in [0.3, 0.4) is 0 Å². The van der Waals surface area contributed by atoms with E-state index in [9.17, 15) is 9.59 Å². The summed E-state index contributed by atoms with van der Waals surface area (Å²) in [5.74, 6) is -0.836. The minimum absolute atomic E-state index is 0.0465. The van der Waals surface area contributed by atoms with E-state index in [1.165, 1.54) is 0 Å². The predicted octanol–water partition coefficient (Wildman–Crippen LogP) is 0.269. The van der Waals surface area contributed by atoms with Crippen LogP contribution in [0.15, 0.2) is 4.52 Å². The average Bonchev–Trinajstić information content (AvgIpc) is 3.15. The first kappa shape index (κ1) is 16.2. The van der Waals surface area contributed by atoms with Crippen LogP contribution in [0.5, 0.6) is 0 Å². The van der Waals surface area contributed by atoms with Gasteiger partial charge in [0.2, 0.25) is 5.89 Å². The van der Waals surface area contributed by atoms with Crippen LogP contribution >= 0.6 is 0 Å². The Bertz CT molecular complexity index is 512. The number of aromatic nitrogens is 2. The molecule has 1 aliphatic heterocycles. The number of hydrogen-bond donors (Lipinski definition) is 2. The van der Waals surface area contributed by atoms with Gasteiger partial charge in [0.05, 0.1) is 12.6 Å². The Morgan fingerprint density at radius 3 is 2.91 bits per heavy atom. The maximum Gasteiger partial charge on any atom is 0.317 e. The van der Waals surface area contributed by atoms with Crippen LogP contribution in [0, 0.1) is 0 Å². The molecule has 0 saturated carbocycles. The Morgan fingerprint density at radius 2 is 2.32 bits per heavy atom. The second kappa shape index (κ2) is 7.74. The van der Waals surface area contributed by atoms with Gasteiger partial charge in [-0.05, 0) is 19.3 Å². The van der Waals surface area contributed by atoms with Crippen molar-refractivity contribution in [2.45, 2.75) is 38.8 Å². The molecule has 3 amide bonds. The molecule has 122 valence electrons. The zero-order valence-corrected chi connectivity index (χ0v) is 12.6. The van der Waals surface area contributed by atoms with Crippen molar-refractivity contribution in [1.29, 1.82) is 0 Å². The van der Waals surface area contributed by atoms with Crippen LogP contribution in [-0.2, 0) is 11.3 Å². The molecule has 1 atom stereocenters. The van der Waals surface area contributed by atoms with E-state index in [1.54, 1.807) is 4.90 Å². The maximum absolute atomic E-state index is 12.2. The lowest BCUT2D eigenvalue weighted by molar-refractivity contribution is 0.0811. The molecule has 22 heavy (non-hydrogen) atoms. The number of nitrogens with zero attached hydrogens (tertiary/aromatic N) is 3. The van der Waals surface area contributed by atoms with Crippen LogP contribution in [0.1, 0.15) is 42.7 Å². The molecule has 1 aliphatic rings. The summed E-state index contributed by atoms with van der Waals surface area (Å²) < 4.78 is 10.4. The minimum atomic E-state index is -0.771. The van der Waals surface area contributed by atoms with E-state index in [0.717, 1.165) is 25.9 Å². The molecule has 2 rings (SSSR count). The zero-order chi connectivity index (χ0) is 15.9. The first-order valence-corrected chi connectivity index (χ1v) is 7.37. The largest absolute Gasteiger partial charge is 0.376 e. The molecule has 1 aromatic heterocycles. The Balaban J connectivity index is 1.85. The van der Waals surface area contributed by atoms with Gasteiger partial charge in [-0.15, -0.1) is 0 Å². The average molecular weight is 311 g/mol. The fourth-order valence-electron chi connectivity index (χ4n) is 2.27. The summed E-state index contributed by atoms with van der Waals surface area (Å²) >= 11 is 0. The molecule has 9 nitrogen and oxygen atoms in total. The van der Waals surface area contributed by atoms with Crippen molar-refractivity contribution in [3.63, 3.8) is 0 Å². The molecule has 0 radical (unpaired) electrons. The van der Waals surface area contributed by atoms with Gasteiger partial charge in [0.25, 0.3) is 11.7 Å². The van der Waals surface area contributed by atoms with E-state index in [1.807, 2.05) is 6.92 Å². The molecule has 1 saturated heterocycles. The van der Waals surface area contributed by atoms with E-state index in [4.69, 9.17) is 15.0 Å². The molecule has 3 N–H and O–H groups in total. The molecule has 9 heteroatoms. The van der Waals surface area contributed by atoms with Crippen molar-refractivity contribution in [3.8, 4) is 0 Å². The van der Waals surface area contributed by atoms with Gasteiger partial charge in [-0.3, -0.25) is 4.79 Å². The van der Waals surface area contributed by atoms with Crippen molar-refractivity contribution in [2.24, 2.45) is 5.73 Å². The molecule has 1 fully saturated rings. The number of urea groups is 1. The van der Waals surface area contributed by atoms with Crippen molar-refractivity contribution in [1.82, 2.24) is 20.4 Å². The summed E-state index contributed by atoms with van der Waals surface area (Å²) in [5, 5.41) is 6.11. The van der Waals surface area contributed by atoms with Crippen molar-refractivity contribution >= 4 is 11.9 Å². The Morgan fingerprint density at radius 1 is 1.50 bits per heavy atom. The standard InChI is InChI=1S/C13H21N5O4/c1-2-5-18(8-9-4-3-6-21-9)13(20)15-7-10-16-12(11(14)19)17-22-10/h9H,2-8H2,1H3,(H2,14,19)(H,15,20). The third-order valence-corrected chi connectivity index (χ3v) is 3.31. The number of carbonyl (C=O) groups excluding carboxylic acids is 2. The molecular weight excluding hydrogens is 290 g/mol. The minimum Gasteiger partial charge on any atom is -0.376 e. The fraction of sp³-hybridized carbons (Fsp3) is 0.692. The van der Waals surface area contributed by atoms with E-state index in [0.29, 0.717) is 13.1 Å². The van der Waals surface area contributed by atoms with E-state index >= 15 is 0 Å². The molecule has 1 unspecified atom stereocenters. The van der Waals surface area contributed by atoms with Gasteiger partial charge >= 0.3 is 6.03 Å². The number of nitrogens with two attached hydrogens (primary N) is 1. The number of hydrogen-bond acceptors (Lipinski definition) is 6. The lowest BCUT2D eigenvalue weighted by Crippen LogP contribution is -2.43. The Labute approximate surface area is 128 Å². The van der Waals surface area contributed by atoms with Crippen LogP contribution < -0.4 is 11.1 Å². The topological polar surface area (TPSA) is 124 Å². The number of carbonyl (C=O) groups is 2. The molecule has 1 aromatic rings. The normalized spacial score (nSPS) is 17.4. The number of rotatable bonds is 7. The molecule has 0 bridgehead atoms. The van der Waals surface area contributed by atoms with Gasteiger partial charge in [0, 0.05) is 19.7 Å². The Kier molecular flexibility index (Phi) is 5.70. The molecule has 0 aromatic carbocycles. The number of ether oxygens (including phenoxy) is 1. The first-order chi connectivity index (χ1) is 10.6. The van der Waals surface area contributed by atoms with E-state index in [-0.39, 0.29) is 30.4 Å². The van der Waals surface area contributed by atoms with Gasteiger partial charge < -0.3 is 25.2 Å². The summed E-state index contributed by atoms with van der Waals surface area (Å²) in [4.78, 5) is 28.6. The van der Waals surface area contributed by atoms with Gasteiger partial charge in [0.1, 0.15) is 0 Å². The monoisotopic (exact) mass is 311 g/mol. The lowest BCUT2D eigenvalue weighted by Gasteiger charge is -2.25. The van der Waals surface area contributed by atoms with Crippen molar-refractivity contribution in [2.75, 3.05) is 19.7 Å². The molecular formula is C13H21N5O4. The lowest BCUT2D eigenvalue weighted by atomic mass is 10.2. The van der Waals surface area contributed by atoms with Crippen LogP contribution in [0.2, 0.25) is 0 Å². The Hall–Kier alpha value is -2.16. The SMILES string of the molecule is CCCN(CC1CCCO1)C(=O)NCc1nc(C(N)=O)no1. The fourth-order valence-corrected chi connectivity index (χ4v) is 2.27. The smallest absolute Gasteiger partial charge is 0.317 e. The van der Waals surface area contributed by atoms with Crippen LogP contribution in [-0.4, -0.2) is 52.8 Å². The highest BCUT2D eigenvalue weighted by molar-refractivity contribution is 5.88. The predicted molar refractivity (Wildman–Crippen MR) is 75.9 cm³/mol. The highest BCUT2D eigenvalue weighted by Crippen LogP contribution is 2.13. The summed E-state index contributed by atoms with van der Waals surface area (Å²) in [6.45, 7) is 4.01. The molecule has 0 spiro atoms. The second-order valence-electron chi connectivity index (χ2n) is 5.12. The van der Waals surface area contributed by atoms with Crippen LogP contribution in [0.25, 0.3) is 0 Å². The van der Waals surface area contributed by atoms with E-state index < -0.39 is 5.91 Å². The van der Waals surface area contributed by atoms with Gasteiger partial charge in [-0.25, -0.2) is 4.79 Å². The summed E-state index contributed by atoms with van der Waals surface area (Å²) in [6.07, 6.45) is 2.96. The first-order valence-electron chi connectivity index (χ1n) is 7.37. The number of primary amides is 1. The number of amides is 3. The highest BCUT2D eigenvalue weighted by atomic mass is 16.5.